The van der Waals surface area contributed by atoms with Gasteiger partial charge in [0.2, 0.25) is 6.54 Å². The Hall–Kier alpha value is -3.78. The Balaban J connectivity index is 6.84. The second kappa shape index (κ2) is 15.2. The number of rotatable bonds is 14. The van der Waals surface area contributed by atoms with Crippen molar-refractivity contribution in [2.45, 2.75) is 59.0 Å². The monoisotopic (exact) mass is 505 g/mol. The largest absolute Gasteiger partial charge is 0.462 e. The molecular formula is C20H31N3O12. The number of carbonyl (C=O) groups excluding carboxylic acids is 5. The third-order valence-corrected chi connectivity index (χ3v) is 3.96. The van der Waals surface area contributed by atoms with E-state index in [4.69, 9.17) is 23.7 Å². The quantitative estimate of drug-likeness (QED) is 0.0985. The van der Waals surface area contributed by atoms with Crippen LogP contribution in [0.4, 0.5) is 0 Å². The fourth-order valence-electron chi connectivity index (χ4n) is 2.88. The van der Waals surface area contributed by atoms with Gasteiger partial charge < -0.3 is 28.7 Å². The van der Waals surface area contributed by atoms with E-state index in [1.165, 1.54) is 19.1 Å². The van der Waals surface area contributed by atoms with Crippen molar-refractivity contribution in [3.8, 4) is 0 Å². The second-order valence-corrected chi connectivity index (χ2v) is 7.46. The highest BCUT2D eigenvalue weighted by Gasteiger charge is 2.47. The summed E-state index contributed by atoms with van der Waals surface area (Å²) in [6.45, 7) is 3.62. The predicted octanol–water partition coefficient (Wildman–Crippen LogP) is -0.283. The molecule has 0 spiro atoms. The number of hydrogen-bond acceptors (Lipinski definition) is 14. The van der Waals surface area contributed by atoms with Crippen LogP contribution in [0, 0.1) is 16.0 Å². The first kappa shape index (κ1) is 31.2. The molecule has 0 aliphatic heterocycles. The molecule has 0 N–H and O–H groups in total. The minimum absolute atomic E-state index is 0.636. The first-order chi connectivity index (χ1) is 16.1. The second-order valence-electron chi connectivity index (χ2n) is 7.46. The van der Waals surface area contributed by atoms with Crippen molar-refractivity contribution in [3.05, 3.63) is 10.1 Å². The van der Waals surface area contributed by atoms with Crippen LogP contribution in [0.25, 0.3) is 0 Å². The van der Waals surface area contributed by atoms with Crippen molar-refractivity contribution in [1.82, 2.24) is 5.01 Å². The van der Waals surface area contributed by atoms with Crippen LogP contribution >= 0.6 is 0 Å². The molecule has 0 heterocycles. The number of nitrogens with zero attached hydrogens (tertiary/aromatic N) is 3. The van der Waals surface area contributed by atoms with Crippen LogP contribution in [0.3, 0.4) is 0 Å². The molecule has 0 amide bonds. The number of nitro groups is 1. The first-order valence-electron chi connectivity index (χ1n) is 10.3. The Bertz CT molecular complexity index is 813. The third kappa shape index (κ3) is 13.5. The molecule has 0 aromatic rings. The van der Waals surface area contributed by atoms with Crippen LogP contribution in [0.2, 0.25) is 0 Å². The van der Waals surface area contributed by atoms with Gasteiger partial charge in [-0.1, -0.05) is 0 Å². The van der Waals surface area contributed by atoms with Crippen LogP contribution in [0.1, 0.15) is 34.6 Å². The van der Waals surface area contributed by atoms with Gasteiger partial charge in [-0.05, 0) is 0 Å². The SMILES string of the molecule is CC(=O)OC[C@@H](OC(C)=O)[C@H](OC(C)=O)[C@H](OC(C)=O)[C@@H](OC(C)=O)[C@H](/C=N/N(C)C)C[N+](=O)[O-]. The van der Waals surface area contributed by atoms with Gasteiger partial charge in [0.1, 0.15) is 12.5 Å². The lowest BCUT2D eigenvalue weighted by molar-refractivity contribution is -0.487. The maximum absolute atomic E-state index is 12.0. The number of hydrogen-bond donors (Lipinski definition) is 0. The molecule has 5 atom stereocenters. The predicted molar refractivity (Wildman–Crippen MR) is 116 cm³/mol. The van der Waals surface area contributed by atoms with Gasteiger partial charge in [-0.3, -0.25) is 34.1 Å². The molecule has 0 rings (SSSR count). The zero-order chi connectivity index (χ0) is 27.3. The topological polar surface area (TPSA) is 190 Å². The average Bonchev–Trinajstić information content (AvgIpc) is 2.68. The van der Waals surface area contributed by atoms with Gasteiger partial charge in [-0.15, -0.1) is 0 Å². The van der Waals surface area contributed by atoms with Crippen LogP contribution in [-0.4, -0.2) is 97.7 Å². The normalized spacial score (nSPS) is 15.1. The molecule has 35 heavy (non-hydrogen) atoms. The summed E-state index contributed by atoms with van der Waals surface area (Å²) in [4.78, 5) is 69.6. The summed E-state index contributed by atoms with van der Waals surface area (Å²) in [5.74, 6) is -5.73. The fourth-order valence-corrected chi connectivity index (χ4v) is 2.88. The van der Waals surface area contributed by atoms with Gasteiger partial charge in [0.05, 0.1) is 0 Å². The summed E-state index contributed by atoms with van der Waals surface area (Å²) in [6, 6.07) is 0. The van der Waals surface area contributed by atoms with Gasteiger partial charge in [-0.25, -0.2) is 0 Å². The maximum atomic E-state index is 12.0. The molecular weight excluding hydrogens is 474 g/mol. The van der Waals surface area contributed by atoms with E-state index < -0.39 is 78.3 Å². The molecule has 198 valence electrons. The van der Waals surface area contributed by atoms with Crippen molar-refractivity contribution in [2.75, 3.05) is 27.2 Å². The summed E-state index contributed by atoms with van der Waals surface area (Å²) in [7, 11) is 3.06. The lowest BCUT2D eigenvalue weighted by atomic mass is 9.92. The molecule has 15 nitrogen and oxygen atoms in total. The van der Waals surface area contributed by atoms with Gasteiger partial charge in [0.15, 0.2) is 24.4 Å². The lowest BCUT2D eigenvalue weighted by Crippen LogP contribution is -2.56. The summed E-state index contributed by atoms with van der Waals surface area (Å²) >= 11 is 0. The highest BCUT2D eigenvalue weighted by molar-refractivity contribution is 5.70. The van der Waals surface area contributed by atoms with Crippen molar-refractivity contribution in [1.29, 1.82) is 0 Å². The van der Waals surface area contributed by atoms with Crippen molar-refractivity contribution in [3.63, 3.8) is 0 Å². The first-order valence-corrected chi connectivity index (χ1v) is 10.3. The van der Waals surface area contributed by atoms with E-state index in [2.05, 4.69) is 5.10 Å². The summed E-state index contributed by atoms with van der Waals surface area (Å²) < 4.78 is 25.9. The molecule has 0 aliphatic rings. The van der Waals surface area contributed by atoms with E-state index in [0.717, 1.165) is 40.8 Å². The number of hydrazone groups is 1. The molecule has 0 aliphatic carbocycles. The highest BCUT2D eigenvalue weighted by atomic mass is 16.6. The Kier molecular flexibility index (Phi) is 13.5. The van der Waals surface area contributed by atoms with Gasteiger partial charge >= 0.3 is 29.8 Å². The van der Waals surface area contributed by atoms with Gasteiger partial charge in [0.25, 0.3) is 0 Å². The van der Waals surface area contributed by atoms with Crippen LogP contribution in [-0.2, 0) is 47.7 Å². The fraction of sp³-hybridized carbons (Fsp3) is 0.700. The number of esters is 5. The van der Waals surface area contributed by atoms with E-state index in [0.29, 0.717) is 0 Å². The molecule has 0 aromatic carbocycles. The highest BCUT2D eigenvalue weighted by Crippen LogP contribution is 2.24. The lowest BCUT2D eigenvalue weighted by Gasteiger charge is -2.36. The van der Waals surface area contributed by atoms with Crippen LogP contribution in [0.5, 0.6) is 0 Å². The Morgan fingerprint density at radius 2 is 1.26 bits per heavy atom. The number of ether oxygens (including phenoxy) is 5. The Labute approximate surface area is 201 Å². The molecule has 0 bridgehead atoms. The minimum Gasteiger partial charge on any atom is -0.462 e. The average molecular weight is 505 g/mol. The standard InChI is InChI=1S/C20H31N3O12/c1-11(24)31-10-17(32-12(2)25)19(34-14(4)27)20(35-15(5)28)18(33-13(3)26)16(9-23(29)30)8-21-22(6)7/h8,16-20H,9-10H2,1-7H3/b21-8+/t16-,17-,18+,19+,20-/m1/s1. The number of carbonyl (C=O) groups is 5. The van der Waals surface area contributed by atoms with E-state index >= 15 is 0 Å². The molecule has 15 heteroatoms. The van der Waals surface area contributed by atoms with Crippen molar-refractivity contribution < 1.29 is 52.6 Å². The van der Waals surface area contributed by atoms with Crippen LogP contribution < -0.4 is 0 Å². The Morgan fingerprint density at radius 1 is 0.800 bits per heavy atom. The maximum Gasteiger partial charge on any atom is 0.303 e. The molecule has 0 saturated heterocycles. The van der Waals surface area contributed by atoms with Gasteiger partial charge in [0, 0.05) is 59.9 Å². The summed E-state index contributed by atoms with van der Waals surface area (Å²) in [6.07, 6.45) is -5.51. The van der Waals surface area contributed by atoms with E-state index in [1.54, 1.807) is 0 Å². The zero-order valence-corrected chi connectivity index (χ0v) is 20.6. The smallest absolute Gasteiger partial charge is 0.303 e. The molecule has 0 radical (unpaired) electrons. The van der Waals surface area contributed by atoms with E-state index in [1.807, 2.05) is 0 Å². The van der Waals surface area contributed by atoms with Crippen molar-refractivity contribution >= 4 is 36.1 Å². The summed E-state index contributed by atoms with van der Waals surface area (Å²) in [5.41, 5.74) is 0. The summed E-state index contributed by atoms with van der Waals surface area (Å²) in [5, 5.41) is 16.6. The minimum atomic E-state index is -1.74. The van der Waals surface area contributed by atoms with Gasteiger partial charge in [-0.2, -0.15) is 5.10 Å². The van der Waals surface area contributed by atoms with E-state index in [-0.39, 0.29) is 0 Å². The van der Waals surface area contributed by atoms with Crippen molar-refractivity contribution in [2.24, 2.45) is 11.0 Å². The zero-order valence-electron chi connectivity index (χ0n) is 20.6. The molecule has 0 unspecified atom stereocenters. The Morgan fingerprint density at radius 3 is 1.66 bits per heavy atom. The third-order valence-electron chi connectivity index (χ3n) is 3.96. The molecule has 0 aromatic heterocycles. The van der Waals surface area contributed by atoms with Crippen LogP contribution in [0.15, 0.2) is 5.10 Å². The van der Waals surface area contributed by atoms with E-state index in [9.17, 15) is 34.1 Å². The molecule has 0 fully saturated rings. The molecule has 0 saturated carbocycles.